The van der Waals surface area contributed by atoms with Crippen LogP contribution in [-0.2, 0) is 0 Å². The first-order valence-corrected chi connectivity index (χ1v) is 12.1. The number of carboxylic acid groups (broad SMARTS) is 1. The van der Waals surface area contributed by atoms with Crippen LogP contribution in [0.2, 0.25) is 0 Å². The van der Waals surface area contributed by atoms with Crippen LogP contribution in [-0.4, -0.2) is 39.9 Å². The summed E-state index contributed by atoms with van der Waals surface area (Å²) in [5.41, 5.74) is 1.57. The third kappa shape index (κ3) is 5.62. The van der Waals surface area contributed by atoms with Crippen molar-refractivity contribution in [2.75, 3.05) is 5.32 Å². The zero-order valence-electron chi connectivity index (χ0n) is 19.0. The number of carbonyl (C=O) groups excluding carboxylic acids is 2. The molecule has 0 radical (unpaired) electrons. The highest BCUT2D eigenvalue weighted by atomic mass is 16.4. The van der Waals surface area contributed by atoms with E-state index >= 15 is 0 Å². The van der Waals surface area contributed by atoms with E-state index in [1.165, 1.54) is 50.7 Å². The van der Waals surface area contributed by atoms with Gasteiger partial charge in [-0.2, -0.15) is 0 Å². The maximum absolute atomic E-state index is 13.6. The zero-order valence-corrected chi connectivity index (χ0v) is 19.0. The molecule has 0 aliphatic heterocycles. The van der Waals surface area contributed by atoms with Gasteiger partial charge in [0.05, 0.1) is 5.56 Å². The molecule has 2 N–H and O–H groups in total. The lowest BCUT2D eigenvalue weighted by Crippen LogP contribution is -2.48. The predicted octanol–water partition coefficient (Wildman–Crippen LogP) is 5.74. The molecule has 2 saturated carbocycles. The molecule has 2 fully saturated rings. The van der Waals surface area contributed by atoms with Gasteiger partial charge >= 0.3 is 5.97 Å². The number of nitrogens with zero attached hydrogens (tertiary/aromatic N) is 1. The number of nitrogens with one attached hydrogen (secondary N) is 1. The van der Waals surface area contributed by atoms with E-state index in [1.54, 1.807) is 36.4 Å². The van der Waals surface area contributed by atoms with Crippen molar-refractivity contribution in [1.29, 1.82) is 0 Å². The molecule has 0 spiro atoms. The summed E-state index contributed by atoms with van der Waals surface area (Å²) in [7, 11) is 0. The lowest BCUT2D eigenvalue weighted by atomic mass is 9.88. The van der Waals surface area contributed by atoms with Crippen LogP contribution in [0.4, 0.5) is 5.69 Å². The minimum Gasteiger partial charge on any atom is -0.478 e. The van der Waals surface area contributed by atoms with Gasteiger partial charge in [-0.15, -0.1) is 0 Å². The molecule has 4 rings (SSSR count). The molecular formula is C27H32N2O4. The van der Waals surface area contributed by atoms with Gasteiger partial charge in [0, 0.05) is 28.9 Å². The van der Waals surface area contributed by atoms with Crippen molar-refractivity contribution in [3.63, 3.8) is 0 Å². The Morgan fingerprint density at radius 3 is 1.82 bits per heavy atom. The van der Waals surface area contributed by atoms with Gasteiger partial charge in [0.25, 0.3) is 11.8 Å². The van der Waals surface area contributed by atoms with Crippen LogP contribution in [0.3, 0.4) is 0 Å². The highest BCUT2D eigenvalue weighted by molar-refractivity contribution is 6.05. The van der Waals surface area contributed by atoms with Crippen molar-refractivity contribution in [3.8, 4) is 0 Å². The van der Waals surface area contributed by atoms with E-state index in [-0.39, 0.29) is 17.4 Å². The van der Waals surface area contributed by atoms with Crippen LogP contribution in [0.25, 0.3) is 0 Å². The summed E-state index contributed by atoms with van der Waals surface area (Å²) in [4.78, 5) is 39.6. The molecule has 0 saturated heterocycles. The molecule has 0 bridgehead atoms. The lowest BCUT2D eigenvalue weighted by Gasteiger charge is -2.42. The van der Waals surface area contributed by atoms with Gasteiger partial charge in [-0.1, -0.05) is 44.6 Å². The molecule has 0 atom stereocenters. The van der Waals surface area contributed by atoms with Crippen molar-refractivity contribution < 1.29 is 19.5 Å². The minimum atomic E-state index is -1.05. The molecule has 174 valence electrons. The normalized spacial score (nSPS) is 17.3. The quantitative estimate of drug-likeness (QED) is 0.589. The molecular weight excluding hydrogens is 416 g/mol. The van der Waals surface area contributed by atoms with Crippen molar-refractivity contribution in [2.24, 2.45) is 0 Å². The van der Waals surface area contributed by atoms with E-state index in [4.69, 9.17) is 5.11 Å². The summed E-state index contributed by atoms with van der Waals surface area (Å²) in [6, 6.07) is 13.6. The molecule has 0 aromatic heterocycles. The van der Waals surface area contributed by atoms with E-state index in [9.17, 15) is 14.4 Å². The second-order valence-electron chi connectivity index (χ2n) is 9.21. The van der Waals surface area contributed by atoms with Gasteiger partial charge in [-0.25, -0.2) is 4.79 Å². The molecule has 6 nitrogen and oxygen atoms in total. The maximum atomic E-state index is 13.6. The van der Waals surface area contributed by atoms with Gasteiger partial charge in [-0.05, 0) is 68.1 Å². The Bertz CT molecular complexity index is 971. The highest BCUT2D eigenvalue weighted by Gasteiger charge is 2.33. The average molecular weight is 449 g/mol. The van der Waals surface area contributed by atoms with E-state index in [0.29, 0.717) is 28.9 Å². The van der Waals surface area contributed by atoms with Crippen LogP contribution in [0.15, 0.2) is 48.5 Å². The van der Waals surface area contributed by atoms with Crippen molar-refractivity contribution in [3.05, 3.63) is 65.2 Å². The van der Waals surface area contributed by atoms with Crippen LogP contribution >= 0.6 is 0 Å². The first kappa shape index (κ1) is 23.0. The number of rotatable bonds is 6. The summed E-state index contributed by atoms with van der Waals surface area (Å²) in [6.07, 6.45) is 11.6. The Hall–Kier alpha value is -3.15. The molecule has 2 aromatic carbocycles. The second-order valence-corrected chi connectivity index (χ2v) is 9.21. The summed E-state index contributed by atoms with van der Waals surface area (Å²) in [6.45, 7) is 0. The van der Waals surface area contributed by atoms with Crippen molar-refractivity contribution in [2.45, 2.75) is 76.3 Å². The largest absolute Gasteiger partial charge is 0.478 e. The molecule has 2 aliphatic carbocycles. The van der Waals surface area contributed by atoms with Gasteiger partial charge in [0.15, 0.2) is 0 Å². The Morgan fingerprint density at radius 1 is 0.727 bits per heavy atom. The Kier molecular flexibility index (Phi) is 7.43. The van der Waals surface area contributed by atoms with Gasteiger partial charge < -0.3 is 15.3 Å². The SMILES string of the molecule is O=C(O)c1cccc(NC(=O)c2ccc(C(=O)N(C3CCCCC3)C3CCCCC3)cc2)c1. The van der Waals surface area contributed by atoms with Crippen molar-refractivity contribution >= 4 is 23.5 Å². The fourth-order valence-electron chi connectivity index (χ4n) is 5.19. The number of carboxylic acids is 1. The fraction of sp³-hybridized carbons (Fsp3) is 0.444. The number of aromatic carboxylic acids is 1. The topological polar surface area (TPSA) is 86.7 Å². The third-order valence-electron chi connectivity index (χ3n) is 6.93. The van der Waals surface area contributed by atoms with E-state index in [0.717, 1.165) is 25.7 Å². The number of carbonyl (C=O) groups is 3. The minimum absolute atomic E-state index is 0.0786. The van der Waals surface area contributed by atoms with E-state index in [1.807, 2.05) is 0 Å². The fourth-order valence-corrected chi connectivity index (χ4v) is 5.19. The van der Waals surface area contributed by atoms with Crippen LogP contribution < -0.4 is 5.32 Å². The average Bonchev–Trinajstić information content (AvgIpc) is 2.85. The Morgan fingerprint density at radius 2 is 1.27 bits per heavy atom. The van der Waals surface area contributed by atoms with E-state index < -0.39 is 5.97 Å². The van der Waals surface area contributed by atoms with E-state index in [2.05, 4.69) is 10.2 Å². The maximum Gasteiger partial charge on any atom is 0.335 e. The first-order valence-electron chi connectivity index (χ1n) is 12.1. The summed E-state index contributed by atoms with van der Waals surface area (Å²) in [5.74, 6) is -1.31. The molecule has 6 heteroatoms. The van der Waals surface area contributed by atoms with Gasteiger partial charge in [0.1, 0.15) is 0 Å². The Labute approximate surface area is 195 Å². The molecule has 2 aliphatic rings. The molecule has 2 amide bonds. The molecule has 33 heavy (non-hydrogen) atoms. The Balaban J connectivity index is 1.48. The van der Waals surface area contributed by atoms with Crippen LogP contribution in [0.1, 0.15) is 95.3 Å². The summed E-state index contributed by atoms with van der Waals surface area (Å²) < 4.78 is 0. The van der Waals surface area contributed by atoms with Crippen LogP contribution in [0, 0.1) is 0 Å². The first-order chi connectivity index (χ1) is 16.0. The zero-order chi connectivity index (χ0) is 23.2. The second kappa shape index (κ2) is 10.6. The number of hydrogen-bond acceptors (Lipinski definition) is 3. The number of hydrogen-bond donors (Lipinski definition) is 2. The van der Waals surface area contributed by atoms with Crippen LogP contribution in [0.5, 0.6) is 0 Å². The standard InChI is InChI=1S/C27H32N2O4/c30-25(28-22-9-7-8-21(18-22)27(32)33)19-14-16-20(17-15-19)26(31)29(23-10-3-1-4-11-23)24-12-5-2-6-13-24/h7-9,14-18,23-24H,1-6,10-13H2,(H,28,30)(H,32,33). The van der Waals surface area contributed by atoms with Gasteiger partial charge in [-0.3, -0.25) is 9.59 Å². The number of amides is 2. The monoisotopic (exact) mass is 448 g/mol. The summed E-state index contributed by atoms with van der Waals surface area (Å²) in [5, 5.41) is 11.9. The van der Waals surface area contributed by atoms with Crippen molar-refractivity contribution in [1.82, 2.24) is 4.90 Å². The molecule has 0 unspecified atom stereocenters. The predicted molar refractivity (Wildman–Crippen MR) is 128 cm³/mol. The smallest absolute Gasteiger partial charge is 0.335 e. The third-order valence-corrected chi connectivity index (χ3v) is 6.93. The number of anilines is 1. The van der Waals surface area contributed by atoms with Gasteiger partial charge in [0.2, 0.25) is 0 Å². The molecule has 2 aromatic rings. The molecule has 0 heterocycles. The summed E-state index contributed by atoms with van der Waals surface area (Å²) >= 11 is 0. The highest BCUT2D eigenvalue weighted by Crippen LogP contribution is 2.31. The lowest BCUT2D eigenvalue weighted by molar-refractivity contribution is 0.0448. The number of benzene rings is 2.